The maximum absolute atomic E-state index is 12.3. The van der Waals surface area contributed by atoms with Gasteiger partial charge in [0.1, 0.15) is 0 Å². The van der Waals surface area contributed by atoms with Crippen LogP contribution in [-0.2, 0) is 0 Å². The molecule has 2 aromatic rings. The van der Waals surface area contributed by atoms with Crippen molar-refractivity contribution in [1.29, 1.82) is 0 Å². The van der Waals surface area contributed by atoms with Crippen molar-refractivity contribution in [3.63, 3.8) is 0 Å². The second kappa shape index (κ2) is 7.34. The van der Waals surface area contributed by atoms with E-state index in [-0.39, 0.29) is 5.78 Å². The molecule has 0 aromatic heterocycles. The van der Waals surface area contributed by atoms with Crippen LogP contribution < -0.4 is 9.47 Å². The summed E-state index contributed by atoms with van der Waals surface area (Å²) in [7, 11) is 0. The lowest BCUT2D eigenvalue weighted by Crippen LogP contribution is -2.09. The summed E-state index contributed by atoms with van der Waals surface area (Å²) in [6.07, 6.45) is 5.25. The Hall–Kier alpha value is -2.26. The molecule has 3 rings (SSSR count). The van der Waals surface area contributed by atoms with Crippen molar-refractivity contribution >= 4 is 23.5 Å². The molecule has 0 saturated heterocycles. The highest BCUT2D eigenvalue weighted by Gasteiger charge is 2.12. The van der Waals surface area contributed by atoms with Gasteiger partial charge in [0.25, 0.3) is 0 Å². The zero-order valence-electron chi connectivity index (χ0n) is 12.6. The first-order valence-electron chi connectivity index (χ1n) is 7.60. The number of rotatable bonds is 3. The van der Waals surface area contributed by atoms with Crippen LogP contribution in [0, 0.1) is 0 Å². The summed E-state index contributed by atoms with van der Waals surface area (Å²) in [4.78, 5) is 12.3. The zero-order chi connectivity index (χ0) is 16.1. The average Bonchev–Trinajstić information content (AvgIpc) is 2.54. The predicted molar refractivity (Wildman–Crippen MR) is 91.5 cm³/mol. The fourth-order valence-corrected chi connectivity index (χ4v) is 2.43. The van der Waals surface area contributed by atoms with E-state index < -0.39 is 0 Å². The van der Waals surface area contributed by atoms with E-state index in [4.69, 9.17) is 21.1 Å². The molecule has 0 aliphatic carbocycles. The van der Waals surface area contributed by atoms with Crippen LogP contribution in [0.3, 0.4) is 0 Å². The molecule has 0 spiro atoms. The van der Waals surface area contributed by atoms with Crippen LogP contribution in [0.2, 0.25) is 5.02 Å². The third kappa shape index (κ3) is 4.14. The Labute approximate surface area is 140 Å². The Morgan fingerprint density at radius 2 is 1.65 bits per heavy atom. The van der Waals surface area contributed by atoms with Crippen LogP contribution in [0.15, 0.2) is 48.5 Å². The van der Waals surface area contributed by atoms with E-state index in [1.54, 1.807) is 42.5 Å². The third-order valence-electron chi connectivity index (χ3n) is 3.58. The van der Waals surface area contributed by atoms with Gasteiger partial charge in [0.2, 0.25) is 0 Å². The molecule has 1 aliphatic rings. The largest absolute Gasteiger partial charge is 0.490 e. The van der Waals surface area contributed by atoms with Crippen molar-refractivity contribution in [1.82, 2.24) is 0 Å². The fraction of sp³-hybridized carbons (Fsp3) is 0.211. The van der Waals surface area contributed by atoms with Crippen LogP contribution in [0.5, 0.6) is 11.5 Å². The number of fused-ring (bicyclic) bond motifs is 1. The molecule has 2 aromatic carbocycles. The van der Waals surface area contributed by atoms with Crippen LogP contribution in [0.25, 0.3) is 6.08 Å². The number of carbonyl (C=O) groups excluding carboxylic acids is 1. The standard InChI is InChI=1S/C19H17ClO3/c20-16-7-3-14(4-8-16)5-9-17(21)15-6-10-18-19(13-15)23-12-2-1-11-22-18/h3-10,13H,1-2,11-12H2/b9-5+. The number of hydrogen-bond acceptors (Lipinski definition) is 3. The van der Waals surface area contributed by atoms with E-state index in [2.05, 4.69) is 0 Å². The minimum Gasteiger partial charge on any atom is -0.490 e. The first kappa shape index (κ1) is 15.6. The third-order valence-corrected chi connectivity index (χ3v) is 3.83. The quantitative estimate of drug-likeness (QED) is 0.600. The minimum atomic E-state index is -0.0755. The molecule has 1 aliphatic heterocycles. The van der Waals surface area contributed by atoms with Gasteiger partial charge in [-0.2, -0.15) is 0 Å². The molecule has 118 valence electrons. The first-order chi connectivity index (χ1) is 11.2. The number of halogens is 1. The molecule has 0 amide bonds. The summed E-state index contributed by atoms with van der Waals surface area (Å²) in [6, 6.07) is 12.6. The Morgan fingerprint density at radius 1 is 0.957 bits per heavy atom. The lowest BCUT2D eigenvalue weighted by atomic mass is 10.1. The van der Waals surface area contributed by atoms with E-state index in [9.17, 15) is 4.79 Å². The lowest BCUT2D eigenvalue weighted by molar-refractivity contribution is 0.104. The van der Waals surface area contributed by atoms with Crippen LogP contribution in [0.1, 0.15) is 28.8 Å². The van der Waals surface area contributed by atoms with Crippen molar-refractivity contribution in [3.8, 4) is 11.5 Å². The topological polar surface area (TPSA) is 35.5 Å². The zero-order valence-corrected chi connectivity index (χ0v) is 13.4. The average molecular weight is 329 g/mol. The smallest absolute Gasteiger partial charge is 0.185 e. The highest BCUT2D eigenvalue weighted by molar-refractivity contribution is 6.30. The van der Waals surface area contributed by atoms with Crippen molar-refractivity contribution in [3.05, 3.63) is 64.7 Å². The van der Waals surface area contributed by atoms with Crippen molar-refractivity contribution in [2.45, 2.75) is 12.8 Å². The molecule has 0 bridgehead atoms. The number of benzene rings is 2. The molecule has 3 nitrogen and oxygen atoms in total. The van der Waals surface area contributed by atoms with Gasteiger partial charge >= 0.3 is 0 Å². The molecule has 0 saturated carbocycles. The summed E-state index contributed by atoms with van der Waals surface area (Å²) in [5.41, 5.74) is 1.51. The fourth-order valence-electron chi connectivity index (χ4n) is 2.30. The number of ketones is 1. The van der Waals surface area contributed by atoms with E-state index >= 15 is 0 Å². The lowest BCUT2D eigenvalue weighted by Gasteiger charge is -2.16. The predicted octanol–water partition coefficient (Wildman–Crippen LogP) is 4.79. The van der Waals surface area contributed by atoms with Gasteiger partial charge < -0.3 is 9.47 Å². The van der Waals surface area contributed by atoms with Gasteiger partial charge in [0.15, 0.2) is 17.3 Å². The second-order valence-electron chi connectivity index (χ2n) is 5.31. The Morgan fingerprint density at radius 3 is 2.39 bits per heavy atom. The highest BCUT2D eigenvalue weighted by atomic mass is 35.5. The summed E-state index contributed by atoms with van der Waals surface area (Å²) in [6.45, 7) is 1.33. The van der Waals surface area contributed by atoms with Gasteiger partial charge in [0.05, 0.1) is 13.2 Å². The van der Waals surface area contributed by atoms with Gasteiger partial charge in [-0.05, 0) is 54.8 Å². The van der Waals surface area contributed by atoms with Crippen molar-refractivity contribution < 1.29 is 14.3 Å². The molecule has 1 heterocycles. The SMILES string of the molecule is O=C(/C=C/c1ccc(Cl)cc1)c1ccc2c(c1)OCCCCO2. The normalized spacial score (nSPS) is 14.3. The molecular weight excluding hydrogens is 312 g/mol. The number of carbonyl (C=O) groups is 1. The number of hydrogen-bond donors (Lipinski definition) is 0. The second-order valence-corrected chi connectivity index (χ2v) is 5.75. The van der Waals surface area contributed by atoms with E-state index in [1.165, 1.54) is 0 Å². The maximum atomic E-state index is 12.3. The molecule has 4 heteroatoms. The minimum absolute atomic E-state index is 0.0755. The van der Waals surface area contributed by atoms with Gasteiger partial charge in [-0.15, -0.1) is 0 Å². The Kier molecular flexibility index (Phi) is 4.99. The molecule has 0 atom stereocenters. The summed E-state index contributed by atoms with van der Waals surface area (Å²) in [5.74, 6) is 1.26. The summed E-state index contributed by atoms with van der Waals surface area (Å²) in [5, 5.41) is 0.673. The van der Waals surface area contributed by atoms with Crippen molar-refractivity contribution in [2.24, 2.45) is 0 Å². The van der Waals surface area contributed by atoms with Gasteiger partial charge in [0, 0.05) is 10.6 Å². The van der Waals surface area contributed by atoms with Gasteiger partial charge in [-0.1, -0.05) is 29.8 Å². The van der Waals surface area contributed by atoms with E-state index in [0.717, 1.165) is 18.4 Å². The Bertz CT molecular complexity index is 720. The van der Waals surface area contributed by atoms with Crippen LogP contribution >= 0.6 is 11.6 Å². The highest BCUT2D eigenvalue weighted by Crippen LogP contribution is 2.30. The monoisotopic (exact) mass is 328 g/mol. The van der Waals surface area contributed by atoms with E-state index in [0.29, 0.717) is 35.3 Å². The summed E-state index contributed by atoms with van der Waals surface area (Å²) < 4.78 is 11.3. The molecule has 0 unspecified atom stereocenters. The molecular formula is C19H17ClO3. The van der Waals surface area contributed by atoms with Crippen molar-refractivity contribution in [2.75, 3.05) is 13.2 Å². The summed E-state index contributed by atoms with van der Waals surface area (Å²) >= 11 is 5.85. The first-order valence-corrected chi connectivity index (χ1v) is 7.98. The molecule has 0 N–H and O–H groups in total. The van der Waals surface area contributed by atoms with Gasteiger partial charge in [-0.3, -0.25) is 4.79 Å². The maximum Gasteiger partial charge on any atom is 0.185 e. The molecule has 0 radical (unpaired) electrons. The molecule has 0 fully saturated rings. The Balaban J connectivity index is 1.76. The number of allylic oxidation sites excluding steroid dienone is 1. The van der Waals surface area contributed by atoms with Gasteiger partial charge in [-0.25, -0.2) is 0 Å². The van der Waals surface area contributed by atoms with Crippen LogP contribution in [-0.4, -0.2) is 19.0 Å². The van der Waals surface area contributed by atoms with E-state index in [1.807, 2.05) is 12.1 Å². The number of ether oxygens (including phenoxy) is 2. The van der Waals surface area contributed by atoms with Crippen LogP contribution in [0.4, 0.5) is 0 Å². The molecule has 23 heavy (non-hydrogen) atoms.